The van der Waals surface area contributed by atoms with Gasteiger partial charge < -0.3 is 33.8 Å². The molecule has 0 aromatic rings. The Hall–Kier alpha value is -1.94. The van der Waals surface area contributed by atoms with Gasteiger partial charge in [0.2, 0.25) is 0 Å². The number of hydrogen-bond acceptors (Lipinski definition) is 15. The van der Waals surface area contributed by atoms with Crippen LogP contribution in [0.5, 0.6) is 0 Å². The summed E-state index contributed by atoms with van der Waals surface area (Å²) in [5.41, 5.74) is 0. The molecule has 0 aliphatic rings. The van der Waals surface area contributed by atoms with E-state index in [9.17, 15) is 43.2 Å². The van der Waals surface area contributed by atoms with Gasteiger partial charge in [0.15, 0.2) is 12.2 Å². The van der Waals surface area contributed by atoms with Crippen LogP contribution in [-0.2, 0) is 65.4 Å². The van der Waals surface area contributed by atoms with Crippen LogP contribution < -0.4 is 0 Å². The molecule has 0 saturated carbocycles. The first kappa shape index (κ1) is 89.1. The third-order valence-corrected chi connectivity index (χ3v) is 18.8. The molecule has 540 valence electrons. The van der Waals surface area contributed by atoms with Crippen LogP contribution >= 0.6 is 15.6 Å². The largest absolute Gasteiger partial charge is 0.472 e. The van der Waals surface area contributed by atoms with Gasteiger partial charge in [0.1, 0.15) is 19.3 Å². The number of aliphatic hydroxyl groups excluding tert-OH is 1. The summed E-state index contributed by atoms with van der Waals surface area (Å²) >= 11 is 0. The van der Waals surface area contributed by atoms with E-state index in [4.69, 9.17) is 37.0 Å². The summed E-state index contributed by atoms with van der Waals surface area (Å²) in [6.07, 6.45) is 44.5. The van der Waals surface area contributed by atoms with Crippen molar-refractivity contribution in [3.8, 4) is 0 Å². The van der Waals surface area contributed by atoms with Gasteiger partial charge in [-0.1, -0.05) is 306 Å². The van der Waals surface area contributed by atoms with Crippen molar-refractivity contribution in [2.75, 3.05) is 39.6 Å². The van der Waals surface area contributed by atoms with E-state index in [1.807, 2.05) is 0 Å². The number of carbonyl (C=O) groups is 4. The highest BCUT2D eigenvalue weighted by molar-refractivity contribution is 7.47. The van der Waals surface area contributed by atoms with Crippen LogP contribution in [0.1, 0.15) is 357 Å². The minimum Gasteiger partial charge on any atom is -0.462 e. The topological polar surface area (TPSA) is 237 Å². The highest BCUT2D eigenvalue weighted by Gasteiger charge is 2.30. The van der Waals surface area contributed by atoms with Crippen molar-refractivity contribution in [2.24, 2.45) is 23.7 Å². The van der Waals surface area contributed by atoms with Gasteiger partial charge in [0, 0.05) is 25.7 Å². The van der Waals surface area contributed by atoms with E-state index in [1.54, 1.807) is 0 Å². The van der Waals surface area contributed by atoms with Gasteiger partial charge >= 0.3 is 39.5 Å². The van der Waals surface area contributed by atoms with Crippen molar-refractivity contribution in [3.63, 3.8) is 0 Å². The summed E-state index contributed by atoms with van der Waals surface area (Å²) in [4.78, 5) is 72.6. The van der Waals surface area contributed by atoms with Crippen molar-refractivity contribution in [2.45, 2.75) is 375 Å². The Morgan fingerprint density at radius 3 is 0.780 bits per heavy atom. The minimum absolute atomic E-state index is 0.104. The second-order valence-corrected chi connectivity index (χ2v) is 30.6. The molecule has 0 aromatic carbocycles. The molecule has 0 bridgehead atoms. The summed E-state index contributed by atoms with van der Waals surface area (Å²) in [5, 5.41) is 10.6. The second kappa shape index (κ2) is 61.6. The van der Waals surface area contributed by atoms with Crippen LogP contribution in [0.4, 0.5) is 0 Å². The van der Waals surface area contributed by atoms with E-state index in [-0.39, 0.29) is 25.7 Å². The van der Waals surface area contributed by atoms with E-state index in [0.29, 0.717) is 31.6 Å². The van der Waals surface area contributed by atoms with Gasteiger partial charge in [-0.05, 0) is 49.4 Å². The third kappa shape index (κ3) is 65.1. The maximum Gasteiger partial charge on any atom is 0.472 e. The van der Waals surface area contributed by atoms with Crippen LogP contribution in [0.25, 0.3) is 0 Å². The monoisotopic (exact) mass is 1340 g/mol. The minimum atomic E-state index is -4.95. The number of unbranched alkanes of at least 4 members (excludes halogenated alkanes) is 34. The Morgan fingerprint density at radius 2 is 0.527 bits per heavy atom. The highest BCUT2D eigenvalue weighted by Crippen LogP contribution is 2.45. The van der Waals surface area contributed by atoms with Gasteiger partial charge in [-0.3, -0.25) is 37.3 Å². The number of hydrogen-bond donors (Lipinski definition) is 3. The number of aliphatic hydroxyl groups is 1. The molecule has 0 aromatic heterocycles. The first-order chi connectivity index (χ1) is 43.6. The van der Waals surface area contributed by atoms with Crippen LogP contribution in [0.2, 0.25) is 0 Å². The van der Waals surface area contributed by atoms with E-state index in [2.05, 4.69) is 55.4 Å². The number of phosphoric ester groups is 2. The fourth-order valence-electron chi connectivity index (χ4n) is 10.8. The van der Waals surface area contributed by atoms with E-state index < -0.39 is 97.5 Å². The lowest BCUT2D eigenvalue weighted by molar-refractivity contribution is -0.161. The lowest BCUT2D eigenvalue weighted by Crippen LogP contribution is -2.30. The van der Waals surface area contributed by atoms with Crippen molar-refractivity contribution in [1.82, 2.24) is 0 Å². The fourth-order valence-corrected chi connectivity index (χ4v) is 12.4. The molecule has 0 aliphatic heterocycles. The normalized spacial score (nSPS) is 14.5. The predicted octanol–water partition coefficient (Wildman–Crippen LogP) is 20.5. The summed E-state index contributed by atoms with van der Waals surface area (Å²) in [6, 6.07) is 0. The van der Waals surface area contributed by atoms with Crippen molar-refractivity contribution in [3.05, 3.63) is 0 Å². The molecule has 0 amide bonds. The smallest absolute Gasteiger partial charge is 0.462 e. The molecule has 0 fully saturated rings. The third-order valence-electron chi connectivity index (χ3n) is 16.9. The Bertz CT molecular complexity index is 1800. The number of esters is 4. The predicted molar refractivity (Wildman–Crippen MR) is 367 cm³/mol. The molecule has 0 rings (SSSR count). The van der Waals surface area contributed by atoms with E-state index in [1.165, 1.54) is 154 Å². The van der Waals surface area contributed by atoms with Gasteiger partial charge in [0.05, 0.1) is 26.4 Å². The molecule has 91 heavy (non-hydrogen) atoms. The molecule has 0 saturated heterocycles. The average Bonchev–Trinajstić information content (AvgIpc) is 3.34. The molecular weight excluding hydrogens is 1200 g/mol. The van der Waals surface area contributed by atoms with Crippen LogP contribution in [0, 0.1) is 23.7 Å². The van der Waals surface area contributed by atoms with Crippen LogP contribution in [0.15, 0.2) is 0 Å². The van der Waals surface area contributed by atoms with Gasteiger partial charge in [-0.2, -0.15) is 0 Å². The zero-order chi connectivity index (χ0) is 67.5. The molecule has 6 atom stereocenters. The Labute approximate surface area is 556 Å². The second-order valence-electron chi connectivity index (χ2n) is 27.6. The Morgan fingerprint density at radius 1 is 0.308 bits per heavy atom. The van der Waals surface area contributed by atoms with Crippen LogP contribution in [-0.4, -0.2) is 96.7 Å². The lowest BCUT2D eigenvalue weighted by Gasteiger charge is -2.21. The molecule has 4 unspecified atom stereocenters. The summed E-state index contributed by atoms with van der Waals surface area (Å²) in [5.74, 6) is 0.891. The molecule has 0 heterocycles. The molecule has 3 N–H and O–H groups in total. The first-order valence-corrected chi connectivity index (χ1v) is 40.2. The van der Waals surface area contributed by atoms with E-state index >= 15 is 0 Å². The highest BCUT2D eigenvalue weighted by atomic mass is 31.2. The summed E-state index contributed by atoms with van der Waals surface area (Å²) in [6.45, 7) is 14.1. The van der Waals surface area contributed by atoms with Gasteiger partial charge in [-0.25, -0.2) is 9.13 Å². The number of phosphoric acid groups is 2. The van der Waals surface area contributed by atoms with Gasteiger partial charge in [-0.15, -0.1) is 0 Å². The standard InChI is InChI=1S/C72H140O17P2/c1-9-65(8)51-43-35-27-18-15-16-19-28-36-44-52-69(74)82-58-67(89-72(77)55-47-39-30-22-21-25-33-41-49-63(4)5)60-86-90(78,79)84-56-66(73)57-85-91(80,81)87-61-68(59-83-70(75)53-45-37-31-23-26-34-42-50-64(6)7)88-71(76)54-46-38-29-20-14-12-10-11-13-17-24-32-40-48-62(2)3/h62-68,73H,9-61H2,1-8H3,(H,78,79)(H,80,81)/t65?,66?,67-,68-/m1/s1. The molecule has 17 nitrogen and oxygen atoms in total. The Balaban J connectivity index is 5.24. The number of carbonyl (C=O) groups excluding carboxylic acids is 4. The quantitative estimate of drug-likeness (QED) is 0.0222. The maximum absolute atomic E-state index is 13.0. The molecule has 19 heteroatoms. The van der Waals surface area contributed by atoms with Crippen molar-refractivity contribution < 1.29 is 80.2 Å². The average molecular weight is 1340 g/mol. The van der Waals surface area contributed by atoms with Crippen molar-refractivity contribution in [1.29, 1.82) is 0 Å². The van der Waals surface area contributed by atoms with Crippen LogP contribution in [0.3, 0.4) is 0 Å². The fraction of sp³-hybridized carbons (Fsp3) is 0.944. The molecule has 0 radical (unpaired) electrons. The molecular formula is C72H140O17P2. The maximum atomic E-state index is 13.0. The number of ether oxygens (including phenoxy) is 4. The summed E-state index contributed by atoms with van der Waals surface area (Å²) < 4.78 is 68.3. The lowest BCUT2D eigenvalue weighted by atomic mass is 9.99. The SMILES string of the molecule is CCC(C)CCCCCCCCCCCCC(=O)OC[C@H](COP(=O)(O)OCC(O)COP(=O)(O)OC[C@@H](COC(=O)CCCCCCCCCC(C)C)OC(=O)CCCCCCCCCCCCCCCC(C)C)OC(=O)CCCCCCCCCCC(C)C. The first-order valence-electron chi connectivity index (χ1n) is 37.2. The molecule has 0 spiro atoms. The number of rotatable bonds is 69. The zero-order valence-electron chi connectivity index (χ0n) is 59.5. The van der Waals surface area contributed by atoms with Gasteiger partial charge in [0.25, 0.3) is 0 Å². The van der Waals surface area contributed by atoms with Crippen molar-refractivity contribution >= 4 is 39.5 Å². The molecule has 0 aliphatic carbocycles. The summed E-state index contributed by atoms with van der Waals surface area (Å²) in [7, 11) is -9.91. The Kier molecular flexibility index (Phi) is 60.3. The zero-order valence-corrected chi connectivity index (χ0v) is 61.3. The van der Waals surface area contributed by atoms with E-state index in [0.717, 1.165) is 114 Å².